The van der Waals surface area contributed by atoms with Gasteiger partial charge in [-0.25, -0.2) is 9.50 Å². The molecule has 0 radical (unpaired) electrons. The van der Waals surface area contributed by atoms with Gasteiger partial charge in [-0.3, -0.25) is 9.59 Å². The van der Waals surface area contributed by atoms with E-state index in [4.69, 9.17) is 16.3 Å². The first kappa shape index (κ1) is 20.9. The Morgan fingerprint density at radius 3 is 2.74 bits per heavy atom. The standard InChI is InChI=1S/C21H23ClN6O3/c1-4-27-12-15(21(27)30)24-20(29)17-10-23-19-16(9-18(22)25-28(17)19)26(2)11-13-5-7-14(31-3)8-6-13/h5-10,15H,4,11-12H2,1-3H3,(H,24,29)/t15-/m1/s1. The lowest BCUT2D eigenvalue weighted by Crippen LogP contribution is -2.63. The number of carbonyl (C=O) groups excluding carboxylic acids is 2. The molecule has 162 valence electrons. The predicted molar refractivity (Wildman–Crippen MR) is 117 cm³/mol. The second kappa shape index (κ2) is 8.43. The SMILES string of the molecule is CCN1C[C@@H](NC(=O)c2cnc3c(N(C)Cc4ccc(OC)cc4)cc(Cl)nn23)C1=O. The molecule has 3 aromatic rings. The molecule has 0 aliphatic carbocycles. The molecule has 0 saturated carbocycles. The summed E-state index contributed by atoms with van der Waals surface area (Å²) in [7, 11) is 3.54. The van der Waals surface area contributed by atoms with E-state index < -0.39 is 11.9 Å². The van der Waals surface area contributed by atoms with E-state index in [1.807, 2.05) is 43.1 Å². The Bertz CT molecular complexity index is 1130. The second-order valence-electron chi connectivity index (χ2n) is 7.34. The van der Waals surface area contributed by atoms with Crippen molar-refractivity contribution < 1.29 is 14.3 Å². The molecule has 3 heterocycles. The molecule has 31 heavy (non-hydrogen) atoms. The van der Waals surface area contributed by atoms with Crippen molar-refractivity contribution >= 4 is 34.7 Å². The van der Waals surface area contributed by atoms with Gasteiger partial charge in [0.15, 0.2) is 16.5 Å². The third-order valence-electron chi connectivity index (χ3n) is 5.34. The van der Waals surface area contributed by atoms with Crippen LogP contribution in [0.1, 0.15) is 23.0 Å². The van der Waals surface area contributed by atoms with Gasteiger partial charge in [-0.2, -0.15) is 5.10 Å². The molecular weight excluding hydrogens is 420 g/mol. The molecule has 1 aromatic carbocycles. The molecule has 1 aliphatic rings. The number of imidazole rings is 1. The van der Waals surface area contributed by atoms with E-state index in [0.717, 1.165) is 17.0 Å². The number of rotatable bonds is 7. The van der Waals surface area contributed by atoms with Gasteiger partial charge in [-0.05, 0) is 24.6 Å². The number of nitrogens with one attached hydrogen (secondary N) is 1. The summed E-state index contributed by atoms with van der Waals surface area (Å²) in [5.41, 5.74) is 2.52. The lowest BCUT2D eigenvalue weighted by Gasteiger charge is -2.37. The van der Waals surface area contributed by atoms with Gasteiger partial charge in [0.05, 0.1) is 19.0 Å². The highest BCUT2D eigenvalue weighted by Crippen LogP contribution is 2.25. The number of nitrogens with zero attached hydrogens (tertiary/aromatic N) is 5. The van der Waals surface area contributed by atoms with Crippen LogP contribution in [-0.4, -0.2) is 64.6 Å². The Morgan fingerprint density at radius 2 is 2.10 bits per heavy atom. The van der Waals surface area contributed by atoms with Crippen LogP contribution in [0.4, 0.5) is 5.69 Å². The van der Waals surface area contributed by atoms with Gasteiger partial charge in [-0.1, -0.05) is 23.7 Å². The molecule has 2 aromatic heterocycles. The predicted octanol–water partition coefficient (Wildman–Crippen LogP) is 1.99. The molecule has 1 N–H and O–H groups in total. The Kier molecular flexibility index (Phi) is 5.69. The van der Waals surface area contributed by atoms with Crippen molar-refractivity contribution in [2.24, 2.45) is 0 Å². The molecule has 0 spiro atoms. The number of fused-ring (bicyclic) bond motifs is 1. The van der Waals surface area contributed by atoms with Crippen LogP contribution in [0, 0.1) is 0 Å². The summed E-state index contributed by atoms with van der Waals surface area (Å²) in [6.45, 7) is 3.62. The highest BCUT2D eigenvalue weighted by atomic mass is 35.5. The molecule has 10 heteroatoms. The van der Waals surface area contributed by atoms with Gasteiger partial charge in [-0.15, -0.1) is 0 Å². The smallest absolute Gasteiger partial charge is 0.272 e. The number of amides is 2. The largest absolute Gasteiger partial charge is 0.497 e. The quantitative estimate of drug-likeness (QED) is 0.562. The number of likely N-dealkylation sites (N-methyl/N-ethyl adjacent to an activating group) is 1. The fourth-order valence-corrected chi connectivity index (χ4v) is 3.75. The summed E-state index contributed by atoms with van der Waals surface area (Å²) >= 11 is 6.25. The average molecular weight is 443 g/mol. The Hall–Kier alpha value is -3.33. The fourth-order valence-electron chi connectivity index (χ4n) is 3.57. The van der Waals surface area contributed by atoms with Gasteiger partial charge in [0, 0.05) is 32.7 Å². The van der Waals surface area contributed by atoms with Crippen molar-refractivity contribution in [1.82, 2.24) is 24.8 Å². The van der Waals surface area contributed by atoms with Gasteiger partial charge < -0.3 is 19.9 Å². The minimum absolute atomic E-state index is 0.0874. The van der Waals surface area contributed by atoms with Crippen molar-refractivity contribution in [2.45, 2.75) is 19.5 Å². The molecule has 1 fully saturated rings. The molecule has 2 amide bonds. The third kappa shape index (κ3) is 4.00. The summed E-state index contributed by atoms with van der Waals surface area (Å²) in [4.78, 5) is 32.8. The normalized spacial score (nSPS) is 15.7. The first-order chi connectivity index (χ1) is 14.9. The minimum atomic E-state index is -0.519. The second-order valence-corrected chi connectivity index (χ2v) is 7.73. The average Bonchev–Trinajstić information content (AvgIpc) is 3.19. The molecule has 0 bridgehead atoms. The zero-order valence-electron chi connectivity index (χ0n) is 17.5. The molecule has 4 rings (SSSR count). The van der Waals surface area contributed by atoms with Crippen molar-refractivity contribution in [3.05, 3.63) is 52.9 Å². The lowest BCUT2D eigenvalue weighted by molar-refractivity contribution is -0.143. The van der Waals surface area contributed by atoms with Crippen molar-refractivity contribution in [1.29, 1.82) is 0 Å². The Balaban J connectivity index is 1.57. The number of likely N-dealkylation sites (tertiary alicyclic amines) is 1. The van der Waals surface area contributed by atoms with E-state index in [1.54, 1.807) is 18.1 Å². The molecule has 9 nitrogen and oxygen atoms in total. The van der Waals surface area contributed by atoms with Crippen LogP contribution in [0.25, 0.3) is 5.65 Å². The number of ether oxygens (including phenoxy) is 1. The lowest BCUT2D eigenvalue weighted by atomic mass is 10.1. The number of hydrogen-bond acceptors (Lipinski definition) is 6. The summed E-state index contributed by atoms with van der Waals surface area (Å²) in [6, 6.07) is 8.96. The summed E-state index contributed by atoms with van der Waals surface area (Å²) in [5, 5.41) is 7.22. The molecule has 1 saturated heterocycles. The monoisotopic (exact) mass is 442 g/mol. The van der Waals surface area contributed by atoms with Crippen molar-refractivity contribution in [3.8, 4) is 5.75 Å². The van der Waals surface area contributed by atoms with Crippen LogP contribution in [0.2, 0.25) is 5.15 Å². The van der Waals surface area contributed by atoms with Gasteiger partial charge in [0.25, 0.3) is 5.91 Å². The van der Waals surface area contributed by atoms with Crippen LogP contribution in [-0.2, 0) is 11.3 Å². The van der Waals surface area contributed by atoms with Crippen molar-refractivity contribution in [3.63, 3.8) is 0 Å². The summed E-state index contributed by atoms with van der Waals surface area (Å²) in [6.07, 6.45) is 1.44. The van der Waals surface area contributed by atoms with Crippen LogP contribution >= 0.6 is 11.6 Å². The number of hydrogen-bond donors (Lipinski definition) is 1. The van der Waals surface area contributed by atoms with E-state index in [1.165, 1.54) is 10.7 Å². The number of benzene rings is 1. The zero-order chi connectivity index (χ0) is 22.1. The number of carbonyl (C=O) groups is 2. The summed E-state index contributed by atoms with van der Waals surface area (Å²) in [5.74, 6) is 0.285. The van der Waals surface area contributed by atoms with Crippen LogP contribution in [0.15, 0.2) is 36.5 Å². The van der Waals surface area contributed by atoms with Gasteiger partial charge in [0.1, 0.15) is 11.8 Å². The number of β-lactam (4-membered cyclic amide) rings is 1. The van der Waals surface area contributed by atoms with Crippen LogP contribution < -0.4 is 15.0 Å². The zero-order valence-corrected chi connectivity index (χ0v) is 18.3. The Morgan fingerprint density at radius 1 is 1.35 bits per heavy atom. The third-order valence-corrected chi connectivity index (χ3v) is 5.53. The summed E-state index contributed by atoms with van der Waals surface area (Å²) < 4.78 is 6.62. The highest BCUT2D eigenvalue weighted by Gasteiger charge is 2.37. The van der Waals surface area contributed by atoms with Crippen molar-refractivity contribution in [2.75, 3.05) is 32.1 Å². The van der Waals surface area contributed by atoms with Gasteiger partial charge >= 0.3 is 0 Å². The highest BCUT2D eigenvalue weighted by molar-refractivity contribution is 6.29. The maximum Gasteiger partial charge on any atom is 0.272 e. The number of anilines is 1. The number of halogens is 1. The van der Waals surface area contributed by atoms with E-state index in [-0.39, 0.29) is 16.8 Å². The molecular formula is C21H23ClN6O3. The molecule has 0 unspecified atom stereocenters. The molecule has 1 aliphatic heterocycles. The van der Waals surface area contributed by atoms with E-state index in [2.05, 4.69) is 15.4 Å². The fraction of sp³-hybridized carbons (Fsp3) is 0.333. The molecule has 1 atom stereocenters. The first-order valence-corrected chi connectivity index (χ1v) is 10.3. The van der Waals surface area contributed by atoms with Crippen LogP contribution in [0.5, 0.6) is 5.75 Å². The Labute approximate surface area is 184 Å². The van der Waals surface area contributed by atoms with E-state index >= 15 is 0 Å². The van der Waals surface area contributed by atoms with Gasteiger partial charge in [0.2, 0.25) is 5.91 Å². The maximum absolute atomic E-state index is 12.8. The minimum Gasteiger partial charge on any atom is -0.497 e. The van der Waals surface area contributed by atoms with E-state index in [0.29, 0.717) is 25.3 Å². The number of methoxy groups -OCH3 is 1. The topological polar surface area (TPSA) is 92.1 Å². The van der Waals surface area contributed by atoms with E-state index in [9.17, 15) is 9.59 Å². The van der Waals surface area contributed by atoms with Crippen LogP contribution in [0.3, 0.4) is 0 Å². The number of aromatic nitrogens is 3. The maximum atomic E-state index is 12.8. The first-order valence-electron chi connectivity index (χ1n) is 9.89.